The van der Waals surface area contributed by atoms with E-state index in [-0.39, 0.29) is 18.0 Å². The van der Waals surface area contributed by atoms with Gasteiger partial charge in [-0.2, -0.15) is 0 Å². The lowest BCUT2D eigenvalue weighted by atomic mass is 10.1. The van der Waals surface area contributed by atoms with E-state index in [1.807, 2.05) is 45.0 Å². The van der Waals surface area contributed by atoms with Gasteiger partial charge < -0.3 is 19.1 Å². The summed E-state index contributed by atoms with van der Waals surface area (Å²) in [6, 6.07) is 7.53. The highest BCUT2D eigenvalue weighted by atomic mass is 16.5. The number of piperidine rings is 1. The van der Waals surface area contributed by atoms with E-state index in [0.717, 1.165) is 50.4 Å². The molecule has 2 rings (SSSR count). The minimum absolute atomic E-state index is 0.169. The molecule has 5 heteroatoms. The fraction of sp³-hybridized carbons (Fsp3) is 0.667. The average molecular weight is 363 g/mol. The van der Waals surface area contributed by atoms with Crippen LogP contribution in [0.15, 0.2) is 24.3 Å². The standard InChI is InChI=1S/C21H33NO4/c1-4-21(23)18-5-7-19(8-6-18)26-20-9-11-22(12-10-20)13-14-24-15-16-25-17(2)3/h5-8,17,20H,4,9-16H2,1-3H3. The number of hydrogen-bond acceptors (Lipinski definition) is 5. The Morgan fingerprint density at radius 2 is 1.81 bits per heavy atom. The molecular formula is C21H33NO4. The second kappa shape index (κ2) is 11.3. The van der Waals surface area contributed by atoms with Crippen LogP contribution < -0.4 is 4.74 Å². The molecule has 5 nitrogen and oxygen atoms in total. The molecule has 0 unspecified atom stereocenters. The van der Waals surface area contributed by atoms with Crippen LogP contribution in [-0.4, -0.2) is 62.3 Å². The first kappa shape index (κ1) is 20.9. The third-order valence-corrected chi connectivity index (χ3v) is 4.57. The van der Waals surface area contributed by atoms with Crippen molar-refractivity contribution >= 4 is 5.78 Å². The van der Waals surface area contributed by atoms with Crippen LogP contribution in [0.4, 0.5) is 0 Å². The minimum atomic E-state index is 0.169. The van der Waals surface area contributed by atoms with Gasteiger partial charge in [0, 0.05) is 31.6 Å². The van der Waals surface area contributed by atoms with Gasteiger partial charge in [-0.1, -0.05) is 6.92 Å². The summed E-state index contributed by atoms with van der Waals surface area (Å²) in [6.07, 6.45) is 3.09. The molecule has 0 spiro atoms. The molecule has 0 bridgehead atoms. The normalized spacial score (nSPS) is 16.2. The zero-order chi connectivity index (χ0) is 18.8. The van der Waals surface area contributed by atoms with Crippen LogP contribution in [0.5, 0.6) is 5.75 Å². The highest BCUT2D eigenvalue weighted by molar-refractivity contribution is 5.95. The molecule has 0 aromatic heterocycles. The predicted molar refractivity (Wildman–Crippen MR) is 103 cm³/mol. The largest absolute Gasteiger partial charge is 0.490 e. The Morgan fingerprint density at radius 1 is 1.12 bits per heavy atom. The smallest absolute Gasteiger partial charge is 0.162 e. The van der Waals surface area contributed by atoms with Crippen molar-refractivity contribution < 1.29 is 19.0 Å². The number of carbonyl (C=O) groups excluding carboxylic acids is 1. The van der Waals surface area contributed by atoms with Crippen molar-refractivity contribution in [1.29, 1.82) is 0 Å². The molecular weight excluding hydrogens is 330 g/mol. The van der Waals surface area contributed by atoms with Crippen molar-refractivity contribution in [2.75, 3.05) is 39.5 Å². The monoisotopic (exact) mass is 363 g/mol. The van der Waals surface area contributed by atoms with Crippen LogP contribution >= 0.6 is 0 Å². The van der Waals surface area contributed by atoms with Gasteiger partial charge in [0.25, 0.3) is 0 Å². The fourth-order valence-electron chi connectivity index (χ4n) is 3.01. The number of carbonyl (C=O) groups is 1. The van der Waals surface area contributed by atoms with Crippen LogP contribution in [0, 0.1) is 0 Å². The van der Waals surface area contributed by atoms with Crippen molar-refractivity contribution in [3.8, 4) is 5.75 Å². The third kappa shape index (κ3) is 7.44. The lowest BCUT2D eigenvalue weighted by Crippen LogP contribution is -2.39. The number of ether oxygens (including phenoxy) is 3. The van der Waals surface area contributed by atoms with Crippen LogP contribution in [0.2, 0.25) is 0 Å². The van der Waals surface area contributed by atoms with E-state index < -0.39 is 0 Å². The number of benzene rings is 1. The molecule has 1 aliphatic heterocycles. The number of rotatable bonds is 11. The highest BCUT2D eigenvalue weighted by Crippen LogP contribution is 2.20. The molecule has 0 N–H and O–H groups in total. The lowest BCUT2D eigenvalue weighted by Gasteiger charge is -2.32. The quantitative estimate of drug-likeness (QED) is 0.444. The highest BCUT2D eigenvalue weighted by Gasteiger charge is 2.20. The lowest BCUT2D eigenvalue weighted by molar-refractivity contribution is 0.00963. The van der Waals surface area contributed by atoms with Crippen molar-refractivity contribution in [3.63, 3.8) is 0 Å². The van der Waals surface area contributed by atoms with E-state index in [0.29, 0.717) is 19.6 Å². The van der Waals surface area contributed by atoms with E-state index in [2.05, 4.69) is 4.90 Å². The molecule has 1 fully saturated rings. The number of hydrogen-bond donors (Lipinski definition) is 0. The number of likely N-dealkylation sites (tertiary alicyclic amines) is 1. The van der Waals surface area contributed by atoms with Gasteiger partial charge in [-0.25, -0.2) is 0 Å². The van der Waals surface area contributed by atoms with Gasteiger partial charge in [0.1, 0.15) is 11.9 Å². The van der Waals surface area contributed by atoms with Gasteiger partial charge in [0.05, 0.1) is 25.9 Å². The molecule has 1 aromatic carbocycles. The molecule has 1 heterocycles. The van der Waals surface area contributed by atoms with Crippen LogP contribution in [0.1, 0.15) is 50.4 Å². The molecule has 1 aromatic rings. The first-order chi connectivity index (χ1) is 12.6. The van der Waals surface area contributed by atoms with Gasteiger partial charge in [-0.05, 0) is 51.0 Å². The molecule has 1 aliphatic rings. The summed E-state index contributed by atoms with van der Waals surface area (Å²) in [5.74, 6) is 1.02. The number of nitrogens with zero attached hydrogens (tertiary/aromatic N) is 1. The molecule has 0 radical (unpaired) electrons. The summed E-state index contributed by atoms with van der Waals surface area (Å²) >= 11 is 0. The maximum atomic E-state index is 11.7. The van der Waals surface area contributed by atoms with Gasteiger partial charge in [0.15, 0.2) is 5.78 Å². The molecule has 26 heavy (non-hydrogen) atoms. The zero-order valence-corrected chi connectivity index (χ0v) is 16.4. The second-order valence-electron chi connectivity index (χ2n) is 6.99. The van der Waals surface area contributed by atoms with E-state index in [4.69, 9.17) is 14.2 Å². The molecule has 0 atom stereocenters. The summed E-state index contributed by atoms with van der Waals surface area (Å²) in [5, 5.41) is 0. The Kier molecular flexibility index (Phi) is 9.09. The Morgan fingerprint density at radius 3 is 2.42 bits per heavy atom. The van der Waals surface area contributed by atoms with Crippen LogP contribution in [-0.2, 0) is 9.47 Å². The second-order valence-corrected chi connectivity index (χ2v) is 6.99. The van der Waals surface area contributed by atoms with Gasteiger partial charge >= 0.3 is 0 Å². The van der Waals surface area contributed by atoms with E-state index in [1.54, 1.807) is 0 Å². The summed E-state index contributed by atoms with van der Waals surface area (Å²) in [6.45, 7) is 11.0. The topological polar surface area (TPSA) is 48.0 Å². The van der Waals surface area contributed by atoms with Gasteiger partial charge in [0.2, 0.25) is 0 Å². The fourth-order valence-corrected chi connectivity index (χ4v) is 3.01. The third-order valence-electron chi connectivity index (χ3n) is 4.57. The minimum Gasteiger partial charge on any atom is -0.490 e. The summed E-state index contributed by atoms with van der Waals surface area (Å²) in [7, 11) is 0. The molecule has 1 saturated heterocycles. The van der Waals surface area contributed by atoms with E-state index in [9.17, 15) is 4.79 Å². The van der Waals surface area contributed by atoms with Gasteiger partial charge in [-0.3, -0.25) is 4.79 Å². The molecule has 0 saturated carbocycles. The Labute approximate surface area is 157 Å². The first-order valence-corrected chi connectivity index (χ1v) is 9.80. The van der Waals surface area contributed by atoms with E-state index in [1.165, 1.54) is 0 Å². The van der Waals surface area contributed by atoms with Crippen molar-refractivity contribution in [2.45, 2.75) is 52.2 Å². The molecule has 146 valence electrons. The average Bonchev–Trinajstić information content (AvgIpc) is 2.65. The van der Waals surface area contributed by atoms with Crippen LogP contribution in [0.3, 0.4) is 0 Å². The van der Waals surface area contributed by atoms with Crippen molar-refractivity contribution in [3.05, 3.63) is 29.8 Å². The maximum absolute atomic E-state index is 11.7. The van der Waals surface area contributed by atoms with Crippen molar-refractivity contribution in [2.24, 2.45) is 0 Å². The Balaban J connectivity index is 1.60. The summed E-state index contributed by atoms with van der Waals surface area (Å²) in [4.78, 5) is 14.1. The Bertz CT molecular complexity index is 521. The van der Waals surface area contributed by atoms with Gasteiger partial charge in [-0.15, -0.1) is 0 Å². The maximum Gasteiger partial charge on any atom is 0.162 e. The molecule has 0 amide bonds. The first-order valence-electron chi connectivity index (χ1n) is 9.80. The predicted octanol–water partition coefficient (Wildman–Crippen LogP) is 3.56. The van der Waals surface area contributed by atoms with Crippen molar-refractivity contribution in [1.82, 2.24) is 4.90 Å². The van der Waals surface area contributed by atoms with E-state index >= 15 is 0 Å². The number of ketones is 1. The van der Waals surface area contributed by atoms with Crippen LogP contribution in [0.25, 0.3) is 0 Å². The zero-order valence-electron chi connectivity index (χ0n) is 16.4. The Hall–Kier alpha value is -1.43. The summed E-state index contributed by atoms with van der Waals surface area (Å²) in [5.41, 5.74) is 0.758. The number of Topliss-reactive ketones (excluding diaryl/α,β-unsaturated/α-hetero) is 1. The summed E-state index contributed by atoms with van der Waals surface area (Å²) < 4.78 is 17.1. The molecule has 0 aliphatic carbocycles. The SMILES string of the molecule is CCC(=O)c1ccc(OC2CCN(CCOCCOC(C)C)CC2)cc1.